The number of halogens is 2. The molecule has 0 spiro atoms. The van der Waals surface area contributed by atoms with Crippen LogP contribution in [-0.4, -0.2) is 54.2 Å². The Morgan fingerprint density at radius 1 is 1.00 bits per heavy atom. The van der Waals surface area contributed by atoms with Crippen LogP contribution in [0.1, 0.15) is 73.9 Å². The summed E-state index contributed by atoms with van der Waals surface area (Å²) < 4.78 is 11.9. The third-order valence-corrected chi connectivity index (χ3v) is 11.3. The van der Waals surface area contributed by atoms with E-state index in [1.54, 1.807) is 34.8 Å². The number of nitrogens with zero attached hydrogens (tertiary/aromatic N) is 5. The minimum absolute atomic E-state index is 0.105. The highest BCUT2D eigenvalue weighted by Gasteiger charge is 2.38. The smallest absolute Gasteiger partial charge is 0.337 e. The third kappa shape index (κ3) is 5.64. The topological polar surface area (TPSA) is 115 Å². The van der Waals surface area contributed by atoms with Crippen molar-refractivity contribution in [2.75, 3.05) is 18.1 Å². The molecular weight excluding hydrogens is 701 g/mol. The van der Waals surface area contributed by atoms with Gasteiger partial charge < -0.3 is 29.0 Å². The summed E-state index contributed by atoms with van der Waals surface area (Å²) in [7, 11) is 3.68. The number of carboxylic acids is 1. The zero-order valence-electron chi connectivity index (χ0n) is 30.3. The summed E-state index contributed by atoms with van der Waals surface area (Å²) in [6.45, 7) is 10.4. The molecule has 52 heavy (non-hydrogen) atoms. The second kappa shape index (κ2) is 13.3. The van der Waals surface area contributed by atoms with Gasteiger partial charge in [0.1, 0.15) is 11.4 Å². The zero-order chi connectivity index (χ0) is 37.3. The van der Waals surface area contributed by atoms with Crippen molar-refractivity contribution in [2.24, 2.45) is 14.1 Å². The highest BCUT2D eigenvalue weighted by atomic mass is 35.5. The molecule has 0 fully saturated rings. The minimum Gasteiger partial charge on any atom is -0.494 e. The highest BCUT2D eigenvalue weighted by molar-refractivity contribution is 6.35. The maximum absolute atomic E-state index is 15.1. The molecule has 1 atom stereocenters. The molecule has 6 aromatic rings. The number of ether oxygens (including phenoxy) is 1. The Balaban J connectivity index is 1.40. The van der Waals surface area contributed by atoms with Crippen LogP contribution in [0.5, 0.6) is 5.75 Å². The van der Waals surface area contributed by atoms with Crippen LogP contribution in [0.15, 0.2) is 42.6 Å². The van der Waals surface area contributed by atoms with E-state index in [0.717, 1.165) is 60.9 Å². The van der Waals surface area contributed by atoms with Crippen molar-refractivity contribution in [3.05, 3.63) is 97.5 Å². The van der Waals surface area contributed by atoms with Gasteiger partial charge in [-0.2, -0.15) is 5.10 Å². The van der Waals surface area contributed by atoms with Crippen LogP contribution in [0.2, 0.25) is 10.0 Å². The average Bonchev–Trinajstić information content (AvgIpc) is 3.71. The van der Waals surface area contributed by atoms with E-state index in [0.29, 0.717) is 58.9 Å². The summed E-state index contributed by atoms with van der Waals surface area (Å²) >= 11 is 13.5. The molecule has 0 saturated carbocycles. The standard InChI is InChI=1S/C40H41Cl2N5O5/c1-20-13-26(14-21(2)35(20)42)52-12-8-9-27-28-10-11-31(41)34(33-23(4)43-45(7)24(33)5)37(28)47-22(3)17-46(39(49)38(27)47)32-16-25(19-48)15-29-30(40(50)51)18-44(6)36(29)32/h10-11,13-16,18,22,48H,8-9,12,17,19H2,1-7H3,(H,50,51)/t22-/m1/s1. The number of benzene rings is 3. The Morgan fingerprint density at radius 2 is 1.71 bits per heavy atom. The van der Waals surface area contributed by atoms with E-state index < -0.39 is 5.97 Å². The number of fused-ring (bicyclic) bond motifs is 4. The molecule has 270 valence electrons. The number of carbonyl (C=O) groups excluding carboxylic acids is 1. The predicted octanol–water partition coefficient (Wildman–Crippen LogP) is 8.50. The van der Waals surface area contributed by atoms with Gasteiger partial charge in [0.15, 0.2) is 0 Å². The van der Waals surface area contributed by atoms with Gasteiger partial charge >= 0.3 is 5.97 Å². The molecular formula is C40H41Cl2N5O5. The monoisotopic (exact) mass is 741 g/mol. The normalized spacial score (nSPS) is 14.5. The lowest BCUT2D eigenvalue weighted by Crippen LogP contribution is -2.43. The van der Waals surface area contributed by atoms with Gasteiger partial charge in [0.25, 0.3) is 5.91 Å². The lowest BCUT2D eigenvalue weighted by atomic mass is 9.98. The molecule has 0 saturated heterocycles. The molecule has 0 unspecified atom stereocenters. The number of carbonyl (C=O) groups is 2. The fourth-order valence-electron chi connectivity index (χ4n) is 7.99. The van der Waals surface area contributed by atoms with Gasteiger partial charge in [-0.3, -0.25) is 9.48 Å². The first-order chi connectivity index (χ1) is 24.7. The minimum atomic E-state index is -1.08. The Morgan fingerprint density at radius 3 is 2.35 bits per heavy atom. The van der Waals surface area contributed by atoms with Crippen LogP contribution >= 0.6 is 23.2 Å². The SMILES string of the molecule is Cc1cc(OCCCc2c3n(c4c(-c5c(C)nn(C)c5C)c(Cl)ccc24)[C@H](C)CN(c2cc(CO)cc4c(C(=O)O)cn(C)c24)C3=O)cc(C)c1Cl. The summed E-state index contributed by atoms with van der Waals surface area (Å²) in [5.41, 5.74) is 9.55. The molecule has 1 aliphatic rings. The molecule has 2 N–H and O–H groups in total. The van der Waals surface area contributed by atoms with E-state index in [4.69, 9.17) is 33.0 Å². The van der Waals surface area contributed by atoms with Crippen molar-refractivity contribution in [2.45, 2.75) is 60.1 Å². The number of aryl methyl sites for hydroxylation is 6. The van der Waals surface area contributed by atoms with E-state index in [1.165, 1.54) is 0 Å². The lowest BCUT2D eigenvalue weighted by Gasteiger charge is -2.35. The van der Waals surface area contributed by atoms with Crippen molar-refractivity contribution in [1.82, 2.24) is 18.9 Å². The summed E-state index contributed by atoms with van der Waals surface area (Å²) in [4.78, 5) is 29.1. The average molecular weight is 743 g/mol. The molecule has 0 aliphatic carbocycles. The number of hydrogen-bond acceptors (Lipinski definition) is 5. The third-order valence-electron chi connectivity index (χ3n) is 10.4. The molecule has 12 heteroatoms. The van der Waals surface area contributed by atoms with Crippen LogP contribution in [0.3, 0.4) is 0 Å². The van der Waals surface area contributed by atoms with E-state index in [9.17, 15) is 15.0 Å². The largest absolute Gasteiger partial charge is 0.494 e. The number of aromatic nitrogens is 4. The van der Waals surface area contributed by atoms with Gasteiger partial charge in [0.05, 0.1) is 46.2 Å². The molecule has 3 aromatic heterocycles. The number of aliphatic hydroxyl groups is 1. The zero-order valence-corrected chi connectivity index (χ0v) is 31.8. The summed E-state index contributed by atoms with van der Waals surface area (Å²) in [6, 6.07) is 11.0. The van der Waals surface area contributed by atoms with Gasteiger partial charge in [0, 0.05) is 65.5 Å². The Bertz CT molecular complexity index is 2430. The molecule has 7 rings (SSSR count). The van der Waals surface area contributed by atoms with Crippen molar-refractivity contribution < 1.29 is 24.5 Å². The van der Waals surface area contributed by atoms with Gasteiger partial charge in [-0.05, 0) is 100 Å². The van der Waals surface area contributed by atoms with Crippen molar-refractivity contribution in [3.63, 3.8) is 0 Å². The fourth-order valence-corrected chi connectivity index (χ4v) is 8.34. The van der Waals surface area contributed by atoms with E-state index in [-0.39, 0.29) is 24.1 Å². The van der Waals surface area contributed by atoms with Gasteiger partial charge in [0.2, 0.25) is 0 Å². The van der Waals surface area contributed by atoms with Crippen molar-refractivity contribution >= 4 is 62.6 Å². The van der Waals surface area contributed by atoms with Crippen molar-refractivity contribution in [3.8, 4) is 16.9 Å². The number of aliphatic hydroxyl groups excluding tert-OH is 1. The fraction of sp³-hybridized carbons (Fsp3) is 0.325. The molecule has 1 amide bonds. The summed E-state index contributed by atoms with van der Waals surface area (Å²) in [6.07, 6.45) is 2.72. The number of carboxylic acid groups (broad SMARTS) is 1. The van der Waals surface area contributed by atoms with Crippen LogP contribution in [0, 0.1) is 27.7 Å². The molecule has 3 aromatic carbocycles. The quantitative estimate of drug-likeness (QED) is 0.144. The van der Waals surface area contributed by atoms with Crippen LogP contribution in [0.25, 0.3) is 32.9 Å². The van der Waals surface area contributed by atoms with Crippen LogP contribution < -0.4 is 9.64 Å². The van der Waals surface area contributed by atoms with E-state index in [2.05, 4.69) is 11.5 Å². The second-order valence-corrected chi connectivity index (χ2v) is 14.7. The summed E-state index contributed by atoms with van der Waals surface area (Å²) in [5.74, 6) is -0.555. The van der Waals surface area contributed by atoms with Gasteiger partial charge in [-0.15, -0.1) is 0 Å². The molecule has 0 radical (unpaired) electrons. The van der Waals surface area contributed by atoms with Crippen molar-refractivity contribution in [1.29, 1.82) is 0 Å². The molecule has 4 heterocycles. The van der Waals surface area contributed by atoms with E-state index >= 15 is 4.79 Å². The molecule has 1 aliphatic heterocycles. The Hall–Kier alpha value is -4.77. The Labute approximate surface area is 311 Å². The van der Waals surface area contributed by atoms with Gasteiger partial charge in [-0.25, -0.2) is 4.79 Å². The lowest BCUT2D eigenvalue weighted by molar-refractivity contribution is 0.0698. The number of rotatable bonds is 9. The van der Waals surface area contributed by atoms with Crippen LogP contribution in [-0.2, 0) is 27.1 Å². The van der Waals surface area contributed by atoms with E-state index in [1.807, 2.05) is 63.7 Å². The maximum Gasteiger partial charge on any atom is 0.337 e. The second-order valence-electron chi connectivity index (χ2n) is 13.9. The predicted molar refractivity (Wildman–Crippen MR) is 206 cm³/mol. The maximum atomic E-state index is 15.1. The number of aromatic carboxylic acids is 1. The number of amides is 1. The highest BCUT2D eigenvalue weighted by Crippen LogP contribution is 2.46. The Kier molecular flexibility index (Phi) is 9.13. The molecule has 0 bridgehead atoms. The first-order valence-corrected chi connectivity index (χ1v) is 18.0. The van der Waals surface area contributed by atoms with Crippen LogP contribution in [0.4, 0.5) is 5.69 Å². The first kappa shape index (κ1) is 35.6. The van der Waals surface area contributed by atoms with Gasteiger partial charge in [-0.1, -0.05) is 29.3 Å². The number of hydrogen-bond donors (Lipinski definition) is 2. The summed E-state index contributed by atoms with van der Waals surface area (Å²) in [5, 5.41) is 27.6. The number of anilines is 1. The first-order valence-electron chi connectivity index (χ1n) is 17.3. The molecule has 10 nitrogen and oxygen atoms in total.